The number of nitrogens with two attached hydrogens (primary N) is 1. The van der Waals surface area contributed by atoms with Gasteiger partial charge in [0.15, 0.2) is 0 Å². The largest absolute Gasteiger partial charge is 0.349 e. The van der Waals surface area contributed by atoms with Gasteiger partial charge >= 0.3 is 0 Å². The maximum atomic E-state index is 12.0. The number of halogens is 1. The van der Waals surface area contributed by atoms with Crippen LogP contribution >= 0.6 is 15.9 Å². The van der Waals surface area contributed by atoms with Gasteiger partial charge in [-0.3, -0.25) is 10.2 Å². The Labute approximate surface area is 121 Å². The summed E-state index contributed by atoms with van der Waals surface area (Å²) in [6.45, 7) is 5.56. The van der Waals surface area contributed by atoms with Crippen molar-refractivity contribution >= 4 is 33.6 Å². The van der Waals surface area contributed by atoms with E-state index in [1.165, 1.54) is 0 Å². The minimum Gasteiger partial charge on any atom is -0.349 e. The standard InChI is InChI=1S/C11H19BrN6O/c1-4-18(5-2)9(19)7-17(3)10-8(12)6-14-11(15-10)16-13/h6H,4-5,7,13H2,1-3H3,(H,14,15,16). The molecule has 0 fully saturated rings. The highest BCUT2D eigenvalue weighted by molar-refractivity contribution is 9.10. The van der Waals surface area contributed by atoms with E-state index < -0.39 is 0 Å². The lowest BCUT2D eigenvalue weighted by atomic mass is 10.4. The molecule has 1 heterocycles. The third-order valence-corrected chi connectivity index (χ3v) is 3.26. The molecule has 0 atom stereocenters. The Morgan fingerprint density at radius 2 is 2.11 bits per heavy atom. The first-order chi connectivity index (χ1) is 9.03. The maximum absolute atomic E-state index is 12.0. The van der Waals surface area contributed by atoms with Crippen LogP contribution in [-0.4, -0.2) is 47.5 Å². The van der Waals surface area contributed by atoms with Crippen molar-refractivity contribution in [2.75, 3.05) is 37.0 Å². The SMILES string of the molecule is CCN(CC)C(=O)CN(C)c1nc(NN)ncc1Br. The number of rotatable bonds is 6. The van der Waals surface area contributed by atoms with Gasteiger partial charge in [-0.05, 0) is 29.8 Å². The van der Waals surface area contributed by atoms with Crippen molar-refractivity contribution in [2.24, 2.45) is 5.84 Å². The molecule has 0 aliphatic rings. The van der Waals surface area contributed by atoms with Crippen molar-refractivity contribution in [3.05, 3.63) is 10.7 Å². The molecule has 7 nitrogen and oxygen atoms in total. The Kier molecular flexibility index (Phi) is 5.97. The van der Waals surface area contributed by atoms with Crippen LogP contribution in [0.2, 0.25) is 0 Å². The van der Waals surface area contributed by atoms with Gasteiger partial charge in [-0.15, -0.1) is 0 Å². The molecule has 0 aliphatic heterocycles. The van der Waals surface area contributed by atoms with Gasteiger partial charge in [-0.2, -0.15) is 4.98 Å². The number of hydrogen-bond acceptors (Lipinski definition) is 6. The summed E-state index contributed by atoms with van der Waals surface area (Å²) in [5.41, 5.74) is 2.38. The number of hydrogen-bond donors (Lipinski definition) is 2. The van der Waals surface area contributed by atoms with E-state index in [-0.39, 0.29) is 12.5 Å². The van der Waals surface area contributed by atoms with Crippen LogP contribution in [0.3, 0.4) is 0 Å². The number of likely N-dealkylation sites (N-methyl/N-ethyl adjacent to an activating group) is 2. The molecule has 19 heavy (non-hydrogen) atoms. The van der Waals surface area contributed by atoms with Gasteiger partial charge in [0.05, 0.1) is 11.0 Å². The predicted molar refractivity (Wildman–Crippen MR) is 78.7 cm³/mol. The number of anilines is 2. The summed E-state index contributed by atoms with van der Waals surface area (Å²) < 4.78 is 0.710. The molecular weight excluding hydrogens is 312 g/mol. The van der Waals surface area contributed by atoms with Gasteiger partial charge in [0, 0.05) is 26.3 Å². The van der Waals surface area contributed by atoms with Gasteiger partial charge in [0.25, 0.3) is 0 Å². The molecule has 1 amide bonds. The Hall–Kier alpha value is -1.41. The summed E-state index contributed by atoms with van der Waals surface area (Å²) in [5.74, 6) is 6.25. The molecular formula is C11H19BrN6O. The van der Waals surface area contributed by atoms with E-state index in [4.69, 9.17) is 5.84 Å². The third-order valence-electron chi connectivity index (χ3n) is 2.70. The first-order valence-electron chi connectivity index (χ1n) is 6.01. The van der Waals surface area contributed by atoms with Crippen molar-refractivity contribution in [3.63, 3.8) is 0 Å². The number of nitrogens with one attached hydrogen (secondary N) is 1. The quantitative estimate of drug-likeness (QED) is 0.593. The fraction of sp³-hybridized carbons (Fsp3) is 0.545. The van der Waals surface area contributed by atoms with E-state index in [0.29, 0.717) is 29.3 Å². The first kappa shape index (κ1) is 15.6. The summed E-state index contributed by atoms with van der Waals surface area (Å²) in [7, 11) is 1.80. The van der Waals surface area contributed by atoms with E-state index in [1.54, 1.807) is 23.0 Å². The highest BCUT2D eigenvalue weighted by atomic mass is 79.9. The fourth-order valence-corrected chi connectivity index (χ4v) is 2.14. The van der Waals surface area contributed by atoms with E-state index in [2.05, 4.69) is 31.3 Å². The molecule has 0 saturated carbocycles. The van der Waals surface area contributed by atoms with Crippen LogP contribution in [0.25, 0.3) is 0 Å². The summed E-state index contributed by atoms with van der Waals surface area (Å²) in [5, 5.41) is 0. The highest BCUT2D eigenvalue weighted by Crippen LogP contribution is 2.22. The number of nitrogen functional groups attached to an aromatic ring is 1. The lowest BCUT2D eigenvalue weighted by Crippen LogP contribution is -2.39. The van der Waals surface area contributed by atoms with Crippen LogP contribution in [-0.2, 0) is 4.79 Å². The minimum atomic E-state index is 0.0558. The van der Waals surface area contributed by atoms with Crippen molar-refractivity contribution in [2.45, 2.75) is 13.8 Å². The molecule has 0 saturated heterocycles. The zero-order valence-electron chi connectivity index (χ0n) is 11.4. The van der Waals surface area contributed by atoms with Crippen molar-refractivity contribution in [1.82, 2.24) is 14.9 Å². The number of hydrazine groups is 1. The van der Waals surface area contributed by atoms with E-state index in [0.717, 1.165) is 0 Å². The molecule has 0 radical (unpaired) electrons. The number of carbonyl (C=O) groups excluding carboxylic acids is 1. The minimum absolute atomic E-state index is 0.0558. The molecule has 0 spiro atoms. The second-order valence-electron chi connectivity index (χ2n) is 3.93. The second-order valence-corrected chi connectivity index (χ2v) is 4.79. The highest BCUT2D eigenvalue weighted by Gasteiger charge is 2.16. The molecule has 3 N–H and O–H groups in total. The Morgan fingerprint density at radius 3 is 2.63 bits per heavy atom. The van der Waals surface area contributed by atoms with Crippen LogP contribution in [0.4, 0.5) is 11.8 Å². The van der Waals surface area contributed by atoms with Gasteiger partial charge in [-0.25, -0.2) is 10.8 Å². The zero-order chi connectivity index (χ0) is 14.4. The molecule has 0 bridgehead atoms. The van der Waals surface area contributed by atoms with Crippen molar-refractivity contribution in [3.8, 4) is 0 Å². The van der Waals surface area contributed by atoms with E-state index >= 15 is 0 Å². The number of nitrogens with zero attached hydrogens (tertiary/aromatic N) is 4. The molecule has 1 rings (SSSR count). The zero-order valence-corrected chi connectivity index (χ0v) is 12.9. The summed E-state index contributed by atoms with van der Waals surface area (Å²) in [6, 6.07) is 0. The fourth-order valence-electron chi connectivity index (χ4n) is 1.65. The average Bonchev–Trinajstić information content (AvgIpc) is 2.40. The Bertz CT molecular complexity index is 437. The van der Waals surface area contributed by atoms with Crippen LogP contribution in [0.1, 0.15) is 13.8 Å². The molecule has 1 aromatic heterocycles. The van der Waals surface area contributed by atoms with Crippen molar-refractivity contribution in [1.29, 1.82) is 0 Å². The summed E-state index contributed by atoms with van der Waals surface area (Å²) >= 11 is 3.36. The van der Waals surface area contributed by atoms with Crippen molar-refractivity contribution < 1.29 is 4.79 Å². The van der Waals surface area contributed by atoms with E-state index in [1.807, 2.05) is 13.8 Å². The Morgan fingerprint density at radius 1 is 1.47 bits per heavy atom. The predicted octanol–water partition coefficient (Wildman–Crippen LogP) is 0.829. The summed E-state index contributed by atoms with van der Waals surface area (Å²) in [4.78, 5) is 23.8. The van der Waals surface area contributed by atoms with Gasteiger partial charge in [-0.1, -0.05) is 0 Å². The summed E-state index contributed by atoms with van der Waals surface area (Å²) in [6.07, 6.45) is 1.59. The lowest BCUT2D eigenvalue weighted by molar-refractivity contribution is -0.129. The third kappa shape index (κ3) is 4.03. The average molecular weight is 331 g/mol. The number of carbonyl (C=O) groups is 1. The smallest absolute Gasteiger partial charge is 0.242 e. The molecule has 1 aromatic rings. The topological polar surface area (TPSA) is 87.4 Å². The molecule has 0 aliphatic carbocycles. The molecule has 106 valence electrons. The maximum Gasteiger partial charge on any atom is 0.242 e. The normalized spacial score (nSPS) is 10.2. The van der Waals surface area contributed by atoms with Crippen LogP contribution in [0, 0.1) is 0 Å². The van der Waals surface area contributed by atoms with E-state index in [9.17, 15) is 4.79 Å². The second kappa shape index (κ2) is 7.25. The molecule has 8 heteroatoms. The number of aromatic nitrogens is 2. The monoisotopic (exact) mass is 330 g/mol. The Balaban J connectivity index is 2.83. The molecule has 0 unspecified atom stereocenters. The van der Waals surface area contributed by atoms with Crippen LogP contribution < -0.4 is 16.2 Å². The van der Waals surface area contributed by atoms with Gasteiger partial charge in [0.2, 0.25) is 11.9 Å². The van der Waals surface area contributed by atoms with Crippen LogP contribution in [0.5, 0.6) is 0 Å². The van der Waals surface area contributed by atoms with Gasteiger partial charge in [0.1, 0.15) is 5.82 Å². The molecule has 0 aromatic carbocycles. The van der Waals surface area contributed by atoms with Crippen LogP contribution in [0.15, 0.2) is 10.7 Å². The number of amides is 1. The first-order valence-corrected chi connectivity index (χ1v) is 6.80. The lowest BCUT2D eigenvalue weighted by Gasteiger charge is -2.24. The van der Waals surface area contributed by atoms with Gasteiger partial charge < -0.3 is 9.80 Å².